The molecule has 0 heterocycles. The molecule has 0 saturated heterocycles. The van der Waals surface area contributed by atoms with E-state index in [0.29, 0.717) is 18.0 Å². The quantitative estimate of drug-likeness (QED) is 0.795. The molecule has 5 nitrogen and oxygen atoms in total. The van der Waals surface area contributed by atoms with Crippen LogP contribution in [0.1, 0.15) is 23.6 Å². The first kappa shape index (κ1) is 18.1. The van der Waals surface area contributed by atoms with E-state index in [1.807, 2.05) is 52.9 Å². The van der Waals surface area contributed by atoms with Crippen LogP contribution in [0.4, 0.5) is 0 Å². The molecule has 0 amide bonds. The average Bonchev–Trinajstić information content (AvgIpc) is 2.40. The SMILES string of the molecule is CNCc1cc(C)c(C)c(S(=O)(=O)NCC(C)N(C)C)c1. The molecule has 1 unspecified atom stereocenters. The van der Waals surface area contributed by atoms with E-state index in [4.69, 9.17) is 0 Å². The topological polar surface area (TPSA) is 61.4 Å². The Morgan fingerprint density at radius 2 is 1.86 bits per heavy atom. The maximum Gasteiger partial charge on any atom is 0.240 e. The van der Waals surface area contributed by atoms with Crippen LogP contribution < -0.4 is 10.0 Å². The predicted molar refractivity (Wildman–Crippen MR) is 87.0 cm³/mol. The van der Waals surface area contributed by atoms with Gasteiger partial charge in [-0.1, -0.05) is 6.07 Å². The van der Waals surface area contributed by atoms with E-state index in [-0.39, 0.29) is 6.04 Å². The largest absolute Gasteiger partial charge is 0.316 e. The minimum absolute atomic E-state index is 0.140. The highest BCUT2D eigenvalue weighted by atomic mass is 32.2. The Labute approximate surface area is 128 Å². The molecule has 1 atom stereocenters. The lowest BCUT2D eigenvalue weighted by molar-refractivity contribution is 0.314. The van der Waals surface area contributed by atoms with Crippen LogP contribution in [0.5, 0.6) is 0 Å². The van der Waals surface area contributed by atoms with Crippen LogP contribution in [0.15, 0.2) is 17.0 Å². The van der Waals surface area contributed by atoms with Gasteiger partial charge in [-0.3, -0.25) is 0 Å². The summed E-state index contributed by atoms with van der Waals surface area (Å²) < 4.78 is 27.8. The highest BCUT2D eigenvalue weighted by Crippen LogP contribution is 2.21. The van der Waals surface area contributed by atoms with Crippen LogP contribution in [-0.4, -0.2) is 47.0 Å². The van der Waals surface area contributed by atoms with E-state index in [9.17, 15) is 8.42 Å². The Morgan fingerprint density at radius 1 is 1.24 bits per heavy atom. The van der Waals surface area contributed by atoms with Crippen LogP contribution in [0.2, 0.25) is 0 Å². The molecule has 6 heteroatoms. The lowest BCUT2D eigenvalue weighted by atomic mass is 10.1. The maximum atomic E-state index is 12.5. The standard InChI is InChI=1S/C15H27N3O2S/c1-11-7-14(10-16-4)8-15(13(11)3)21(19,20)17-9-12(2)18(5)6/h7-8,12,16-17H,9-10H2,1-6H3. The Hall–Kier alpha value is -0.950. The highest BCUT2D eigenvalue weighted by Gasteiger charge is 2.20. The average molecular weight is 313 g/mol. The zero-order valence-corrected chi connectivity index (χ0v) is 14.6. The molecule has 0 spiro atoms. The van der Waals surface area contributed by atoms with Gasteiger partial charge in [-0.15, -0.1) is 0 Å². The van der Waals surface area contributed by atoms with Gasteiger partial charge in [-0.2, -0.15) is 0 Å². The van der Waals surface area contributed by atoms with Crippen LogP contribution in [0.25, 0.3) is 0 Å². The predicted octanol–water partition coefficient (Wildman–Crippen LogP) is 1.25. The lowest BCUT2D eigenvalue weighted by Crippen LogP contribution is -2.38. The minimum Gasteiger partial charge on any atom is -0.316 e. The Morgan fingerprint density at radius 3 is 2.38 bits per heavy atom. The first-order valence-corrected chi connectivity index (χ1v) is 8.58. The summed E-state index contributed by atoms with van der Waals surface area (Å²) in [5.74, 6) is 0. The van der Waals surface area contributed by atoms with Gasteiger partial charge in [0.15, 0.2) is 0 Å². The summed E-state index contributed by atoms with van der Waals surface area (Å²) in [5.41, 5.74) is 2.77. The van der Waals surface area contributed by atoms with Crippen LogP contribution in [-0.2, 0) is 16.6 Å². The number of nitrogens with zero attached hydrogens (tertiary/aromatic N) is 1. The minimum atomic E-state index is -3.49. The van der Waals surface area contributed by atoms with E-state index < -0.39 is 10.0 Å². The summed E-state index contributed by atoms with van der Waals surface area (Å²) in [6, 6.07) is 3.91. The van der Waals surface area contributed by atoms with E-state index in [0.717, 1.165) is 16.7 Å². The van der Waals surface area contributed by atoms with Gasteiger partial charge >= 0.3 is 0 Å². The third kappa shape index (κ3) is 4.78. The first-order valence-electron chi connectivity index (χ1n) is 7.10. The molecule has 0 bridgehead atoms. The zero-order valence-electron chi connectivity index (χ0n) is 13.8. The Balaban J connectivity index is 3.07. The number of hydrogen-bond donors (Lipinski definition) is 2. The molecule has 0 fully saturated rings. The first-order chi connectivity index (χ1) is 9.69. The van der Waals surface area contributed by atoms with Crippen molar-refractivity contribution in [1.82, 2.24) is 14.9 Å². The number of nitrogens with one attached hydrogen (secondary N) is 2. The van der Waals surface area contributed by atoms with Gasteiger partial charge in [0.2, 0.25) is 10.0 Å². The second kappa shape index (κ2) is 7.35. The summed E-state index contributed by atoms with van der Waals surface area (Å²) in [5, 5.41) is 3.05. The van der Waals surface area contributed by atoms with E-state index in [1.165, 1.54) is 0 Å². The van der Waals surface area contributed by atoms with Crippen LogP contribution in [0.3, 0.4) is 0 Å². The van der Waals surface area contributed by atoms with Crippen molar-refractivity contribution in [3.63, 3.8) is 0 Å². The van der Waals surface area contributed by atoms with Crippen LogP contribution in [0, 0.1) is 13.8 Å². The smallest absolute Gasteiger partial charge is 0.240 e. The van der Waals surface area contributed by atoms with Crippen molar-refractivity contribution < 1.29 is 8.42 Å². The number of hydrogen-bond acceptors (Lipinski definition) is 4. The molecule has 1 aromatic rings. The number of likely N-dealkylation sites (N-methyl/N-ethyl adjacent to an activating group) is 1. The van der Waals surface area contributed by atoms with Crippen molar-refractivity contribution in [3.8, 4) is 0 Å². The molecule has 1 aromatic carbocycles. The molecule has 21 heavy (non-hydrogen) atoms. The Bertz CT molecular complexity index is 583. The molecule has 0 aliphatic heterocycles. The van der Waals surface area contributed by atoms with Crippen molar-refractivity contribution in [3.05, 3.63) is 28.8 Å². The van der Waals surface area contributed by atoms with Gasteiger partial charge in [-0.25, -0.2) is 13.1 Å². The summed E-state index contributed by atoms with van der Waals surface area (Å²) >= 11 is 0. The molecule has 1 rings (SSSR count). The number of benzene rings is 1. The number of sulfonamides is 1. The van der Waals surface area contributed by atoms with Gasteiger partial charge in [0.25, 0.3) is 0 Å². The second-order valence-corrected chi connectivity index (χ2v) is 7.47. The van der Waals surface area contributed by atoms with Crippen molar-refractivity contribution >= 4 is 10.0 Å². The van der Waals surface area contributed by atoms with Gasteiger partial charge in [-0.05, 0) is 64.7 Å². The molecule has 0 aromatic heterocycles. The lowest BCUT2D eigenvalue weighted by Gasteiger charge is -2.21. The van der Waals surface area contributed by atoms with Crippen molar-refractivity contribution in [2.24, 2.45) is 0 Å². The zero-order chi connectivity index (χ0) is 16.2. The molecular weight excluding hydrogens is 286 g/mol. The third-order valence-corrected chi connectivity index (χ3v) is 5.35. The summed E-state index contributed by atoms with van der Waals surface area (Å²) in [7, 11) is 2.23. The number of rotatable bonds is 7. The molecule has 0 saturated carbocycles. The van der Waals surface area contributed by atoms with Crippen molar-refractivity contribution in [2.45, 2.75) is 38.3 Å². The maximum absolute atomic E-state index is 12.5. The van der Waals surface area contributed by atoms with Gasteiger partial charge in [0.05, 0.1) is 4.90 Å². The normalized spacial score (nSPS) is 13.7. The molecule has 0 aliphatic rings. The summed E-state index contributed by atoms with van der Waals surface area (Å²) in [6.45, 7) is 6.82. The van der Waals surface area contributed by atoms with Crippen molar-refractivity contribution in [2.75, 3.05) is 27.7 Å². The van der Waals surface area contributed by atoms with Crippen molar-refractivity contribution in [1.29, 1.82) is 0 Å². The fraction of sp³-hybridized carbons (Fsp3) is 0.600. The summed E-state index contributed by atoms with van der Waals surface area (Å²) in [4.78, 5) is 2.36. The van der Waals surface area contributed by atoms with Gasteiger partial charge in [0.1, 0.15) is 0 Å². The van der Waals surface area contributed by atoms with E-state index in [1.54, 1.807) is 6.07 Å². The fourth-order valence-electron chi connectivity index (χ4n) is 1.97. The Kier molecular flexibility index (Phi) is 6.34. The van der Waals surface area contributed by atoms with Gasteiger partial charge < -0.3 is 10.2 Å². The summed E-state index contributed by atoms with van der Waals surface area (Å²) in [6.07, 6.45) is 0. The van der Waals surface area contributed by atoms with Crippen LogP contribution >= 0.6 is 0 Å². The fourth-order valence-corrected chi connectivity index (χ4v) is 3.46. The molecule has 2 N–H and O–H groups in total. The van der Waals surface area contributed by atoms with E-state index >= 15 is 0 Å². The van der Waals surface area contributed by atoms with E-state index in [2.05, 4.69) is 10.0 Å². The monoisotopic (exact) mass is 313 g/mol. The highest BCUT2D eigenvalue weighted by molar-refractivity contribution is 7.89. The third-order valence-electron chi connectivity index (χ3n) is 3.80. The molecule has 120 valence electrons. The molecule has 0 aliphatic carbocycles. The molecule has 0 radical (unpaired) electrons. The number of aryl methyl sites for hydroxylation is 1. The molecular formula is C15H27N3O2S. The second-order valence-electron chi connectivity index (χ2n) is 5.73. The van der Waals surface area contributed by atoms with Gasteiger partial charge in [0, 0.05) is 19.1 Å².